The van der Waals surface area contributed by atoms with Gasteiger partial charge in [0.15, 0.2) is 0 Å². The number of carbonyl (C=O) groups is 2. The topological polar surface area (TPSA) is 87.7 Å². The molecule has 0 saturated carbocycles. The van der Waals surface area contributed by atoms with Crippen molar-refractivity contribution < 1.29 is 24.2 Å². The van der Waals surface area contributed by atoms with Crippen LogP contribution in [0.3, 0.4) is 0 Å². The first-order chi connectivity index (χ1) is 7.06. The molecule has 0 fully saturated rings. The van der Waals surface area contributed by atoms with Crippen molar-refractivity contribution >= 4 is 11.9 Å². The second-order valence-electron chi connectivity index (χ2n) is 2.85. The molecule has 15 heavy (non-hydrogen) atoms. The number of allylic oxidation sites excluding steroid dienone is 2. The van der Waals surface area contributed by atoms with Crippen LogP contribution in [0.4, 0.5) is 0 Å². The fourth-order valence-electron chi connectivity index (χ4n) is 1.11. The number of hydrogen-bond acceptors (Lipinski definition) is 3. The quantitative estimate of drug-likeness (QED) is 0.739. The highest BCUT2D eigenvalue weighted by Crippen LogP contribution is 2.16. The monoisotopic (exact) mass is 210 g/mol. The maximum absolute atomic E-state index is 10.7. The average Bonchev–Trinajstić information content (AvgIpc) is 2.58. The Morgan fingerprint density at radius 3 is 2.53 bits per heavy atom. The van der Waals surface area contributed by atoms with E-state index in [1.165, 1.54) is 6.07 Å². The molecule has 1 aromatic heterocycles. The maximum atomic E-state index is 10.7. The average molecular weight is 210 g/mol. The van der Waals surface area contributed by atoms with Gasteiger partial charge in [-0.25, -0.2) is 9.59 Å². The molecule has 0 aliphatic rings. The largest absolute Gasteiger partial charge is 0.475 e. The van der Waals surface area contributed by atoms with Gasteiger partial charge in [0.2, 0.25) is 11.5 Å². The fourth-order valence-corrected chi connectivity index (χ4v) is 1.11. The van der Waals surface area contributed by atoms with Crippen molar-refractivity contribution in [3.63, 3.8) is 0 Å². The van der Waals surface area contributed by atoms with Gasteiger partial charge in [-0.2, -0.15) is 0 Å². The summed E-state index contributed by atoms with van der Waals surface area (Å²) in [7, 11) is 0. The zero-order chi connectivity index (χ0) is 11.4. The van der Waals surface area contributed by atoms with Crippen molar-refractivity contribution in [3.8, 4) is 0 Å². The second-order valence-corrected chi connectivity index (χ2v) is 2.85. The first-order valence-corrected chi connectivity index (χ1v) is 4.26. The van der Waals surface area contributed by atoms with Crippen LogP contribution in [-0.2, 0) is 6.42 Å². The molecule has 0 spiro atoms. The smallest absolute Gasteiger partial charge is 0.372 e. The molecule has 5 nitrogen and oxygen atoms in total. The Morgan fingerprint density at radius 2 is 2.07 bits per heavy atom. The molecule has 5 heteroatoms. The number of aromatic carboxylic acids is 2. The summed E-state index contributed by atoms with van der Waals surface area (Å²) in [6.07, 6.45) is 3.82. The molecule has 0 aliphatic heterocycles. The molecule has 0 amide bonds. The zero-order valence-corrected chi connectivity index (χ0v) is 8.06. The summed E-state index contributed by atoms with van der Waals surface area (Å²) in [5.74, 6) is -3.20. The molecule has 0 aromatic carbocycles. The number of carboxylic acids is 2. The van der Waals surface area contributed by atoms with Crippen LogP contribution in [0.15, 0.2) is 22.6 Å². The summed E-state index contributed by atoms with van der Waals surface area (Å²) in [6, 6.07) is 1.23. The van der Waals surface area contributed by atoms with E-state index in [0.717, 1.165) is 0 Å². The van der Waals surface area contributed by atoms with Crippen LogP contribution in [0.1, 0.15) is 33.6 Å². The number of hydrogen-bond donors (Lipinski definition) is 2. The highest BCUT2D eigenvalue weighted by Gasteiger charge is 2.19. The van der Waals surface area contributed by atoms with Gasteiger partial charge in [0.25, 0.3) is 0 Å². The van der Waals surface area contributed by atoms with E-state index in [0.29, 0.717) is 12.0 Å². The lowest BCUT2D eigenvalue weighted by atomic mass is 10.1. The third kappa shape index (κ3) is 2.46. The number of carboxylic acid groups (broad SMARTS) is 2. The third-order valence-corrected chi connectivity index (χ3v) is 1.79. The van der Waals surface area contributed by atoms with Crippen LogP contribution >= 0.6 is 0 Å². The Bertz CT molecular complexity index is 413. The van der Waals surface area contributed by atoms with E-state index in [4.69, 9.17) is 14.6 Å². The van der Waals surface area contributed by atoms with Crippen molar-refractivity contribution in [3.05, 3.63) is 35.3 Å². The molecule has 1 aromatic rings. The van der Waals surface area contributed by atoms with E-state index in [1.54, 1.807) is 19.1 Å². The van der Waals surface area contributed by atoms with Crippen molar-refractivity contribution in [1.82, 2.24) is 0 Å². The minimum Gasteiger partial charge on any atom is -0.475 e. The van der Waals surface area contributed by atoms with E-state index in [2.05, 4.69) is 0 Å². The fraction of sp³-hybridized carbons (Fsp3) is 0.200. The van der Waals surface area contributed by atoms with E-state index in [1.807, 2.05) is 0 Å². The third-order valence-electron chi connectivity index (χ3n) is 1.79. The zero-order valence-electron chi connectivity index (χ0n) is 8.06. The summed E-state index contributed by atoms with van der Waals surface area (Å²) >= 11 is 0. The van der Waals surface area contributed by atoms with Crippen LogP contribution in [0, 0.1) is 0 Å². The van der Waals surface area contributed by atoms with Gasteiger partial charge in [0.05, 0.1) is 0 Å². The molecular formula is C10H10O5. The molecule has 2 N–H and O–H groups in total. The van der Waals surface area contributed by atoms with Gasteiger partial charge in [-0.1, -0.05) is 12.2 Å². The first-order valence-electron chi connectivity index (χ1n) is 4.26. The standard InChI is InChI=1S/C10H10O5/c1-2-3-4-6-5-7(9(11)12)15-8(6)10(13)14/h2-3,5H,4H2,1H3,(H,11,12)(H,13,14). The molecule has 1 rings (SSSR count). The molecule has 0 radical (unpaired) electrons. The molecule has 1 heterocycles. The Hall–Kier alpha value is -2.04. The van der Waals surface area contributed by atoms with Crippen molar-refractivity contribution in [2.75, 3.05) is 0 Å². The van der Waals surface area contributed by atoms with E-state index in [9.17, 15) is 9.59 Å². The summed E-state index contributed by atoms with van der Waals surface area (Å²) in [5.41, 5.74) is 0.359. The highest BCUT2D eigenvalue weighted by molar-refractivity contribution is 5.90. The van der Waals surface area contributed by atoms with Crippen LogP contribution in [0.25, 0.3) is 0 Å². The van der Waals surface area contributed by atoms with Crippen LogP contribution < -0.4 is 0 Å². The van der Waals surface area contributed by atoms with Gasteiger partial charge in [0.1, 0.15) is 0 Å². The Kier molecular flexibility index (Phi) is 3.28. The van der Waals surface area contributed by atoms with E-state index >= 15 is 0 Å². The van der Waals surface area contributed by atoms with Crippen LogP contribution in [-0.4, -0.2) is 22.2 Å². The molecular weight excluding hydrogens is 200 g/mol. The predicted molar refractivity (Wildman–Crippen MR) is 51.1 cm³/mol. The normalized spacial score (nSPS) is 10.7. The van der Waals surface area contributed by atoms with Gasteiger partial charge < -0.3 is 14.6 Å². The summed E-state index contributed by atoms with van der Waals surface area (Å²) < 4.78 is 4.70. The van der Waals surface area contributed by atoms with Gasteiger partial charge in [-0.05, 0) is 19.4 Å². The second kappa shape index (κ2) is 4.45. The summed E-state index contributed by atoms with van der Waals surface area (Å²) in [4.78, 5) is 21.3. The molecule has 80 valence electrons. The minimum absolute atomic E-state index is 0.314. The van der Waals surface area contributed by atoms with Crippen molar-refractivity contribution in [2.24, 2.45) is 0 Å². The van der Waals surface area contributed by atoms with Gasteiger partial charge in [-0.3, -0.25) is 0 Å². The highest BCUT2D eigenvalue weighted by atomic mass is 16.4. The van der Waals surface area contributed by atoms with Crippen molar-refractivity contribution in [1.29, 1.82) is 0 Å². The Labute approximate surface area is 85.6 Å². The number of rotatable bonds is 4. The van der Waals surface area contributed by atoms with E-state index in [-0.39, 0.29) is 11.5 Å². The summed E-state index contributed by atoms with van der Waals surface area (Å²) in [5, 5.41) is 17.4. The predicted octanol–water partition coefficient (Wildman–Crippen LogP) is 1.79. The van der Waals surface area contributed by atoms with Gasteiger partial charge in [0, 0.05) is 5.56 Å². The lowest BCUT2D eigenvalue weighted by Gasteiger charge is -1.91. The molecule has 0 aliphatic carbocycles. The minimum atomic E-state index is -1.27. The SMILES string of the molecule is CC=CCc1cc(C(=O)O)oc1C(=O)O. The Balaban J connectivity index is 3.11. The van der Waals surface area contributed by atoms with Crippen LogP contribution in [0.5, 0.6) is 0 Å². The van der Waals surface area contributed by atoms with Crippen LogP contribution in [0.2, 0.25) is 0 Å². The summed E-state index contributed by atoms with van der Waals surface area (Å²) in [6.45, 7) is 1.79. The molecule has 0 atom stereocenters. The molecule has 0 saturated heterocycles. The first kappa shape index (κ1) is 11.0. The lowest BCUT2D eigenvalue weighted by Crippen LogP contribution is -1.98. The number of furan rings is 1. The molecule has 0 unspecified atom stereocenters. The lowest BCUT2D eigenvalue weighted by molar-refractivity contribution is 0.0631. The van der Waals surface area contributed by atoms with Gasteiger partial charge >= 0.3 is 11.9 Å². The Morgan fingerprint density at radius 1 is 1.40 bits per heavy atom. The van der Waals surface area contributed by atoms with Crippen molar-refractivity contribution in [2.45, 2.75) is 13.3 Å². The molecule has 0 bridgehead atoms. The van der Waals surface area contributed by atoms with Gasteiger partial charge in [-0.15, -0.1) is 0 Å². The van der Waals surface area contributed by atoms with E-state index < -0.39 is 11.9 Å². The maximum Gasteiger partial charge on any atom is 0.372 e.